The van der Waals surface area contributed by atoms with Crippen LogP contribution in [0.5, 0.6) is 0 Å². The van der Waals surface area contributed by atoms with Crippen molar-refractivity contribution < 1.29 is 42.5 Å². The van der Waals surface area contributed by atoms with Gasteiger partial charge < -0.3 is 28.6 Å². The van der Waals surface area contributed by atoms with Crippen LogP contribution in [0, 0.1) is 10.8 Å². The summed E-state index contributed by atoms with van der Waals surface area (Å²) in [4.78, 5) is 50.5. The number of rotatable bonds is 16. The van der Waals surface area contributed by atoms with Gasteiger partial charge in [0.05, 0.1) is 13.2 Å². The predicted octanol–water partition coefficient (Wildman–Crippen LogP) is 2.68. The minimum Gasteiger partial charge on any atom is -0.756 e. The average molecular weight is 444 g/mol. The Labute approximate surface area is 167 Å². The fraction of sp³-hybridized carbons (Fsp3) is 0.941. The van der Waals surface area contributed by atoms with Crippen molar-refractivity contribution in [2.24, 2.45) is 10.8 Å². The summed E-state index contributed by atoms with van der Waals surface area (Å²) in [6.45, 7) is 7.12. The van der Waals surface area contributed by atoms with Crippen LogP contribution in [0.4, 0.5) is 0 Å². The maximum absolute atomic E-state index is 11.9. The van der Waals surface area contributed by atoms with E-state index in [1.165, 1.54) is 0 Å². The van der Waals surface area contributed by atoms with E-state index in [1.54, 1.807) is 0 Å². The third kappa shape index (κ3) is 18.0. The van der Waals surface area contributed by atoms with E-state index < -0.39 is 26.5 Å². The van der Waals surface area contributed by atoms with Gasteiger partial charge in [-0.3, -0.25) is 13.9 Å². The first-order chi connectivity index (χ1) is 12.5. The van der Waals surface area contributed by atoms with Crippen LogP contribution in [0.15, 0.2) is 0 Å². The molecule has 2 atom stereocenters. The molecule has 28 heavy (non-hydrogen) atoms. The van der Waals surface area contributed by atoms with E-state index >= 15 is 0 Å². The number of carbonyl (C=O) groups is 1. The number of hydrogen-bond acceptors (Lipinski definition) is 7. The van der Waals surface area contributed by atoms with Gasteiger partial charge in [-0.2, -0.15) is 0 Å². The normalized spacial score (nSPS) is 17.1. The van der Waals surface area contributed by atoms with Crippen molar-refractivity contribution in [3.63, 3.8) is 0 Å². The van der Waals surface area contributed by atoms with Crippen molar-refractivity contribution in [1.29, 1.82) is 0 Å². The molecule has 0 aromatic carbocycles. The second-order valence-electron chi connectivity index (χ2n) is 8.77. The number of phosphoric acid groups is 2. The first-order valence-electron chi connectivity index (χ1n) is 9.40. The van der Waals surface area contributed by atoms with Crippen LogP contribution in [-0.4, -0.2) is 28.8 Å². The van der Waals surface area contributed by atoms with E-state index in [1.807, 2.05) is 27.7 Å². The lowest BCUT2D eigenvalue weighted by atomic mass is 9.87. The van der Waals surface area contributed by atoms with Crippen LogP contribution in [0.2, 0.25) is 0 Å². The molecule has 168 valence electrons. The van der Waals surface area contributed by atoms with E-state index in [9.17, 15) is 23.7 Å². The SMILES string of the molecule is CC(C)(CCCCC(=O)CCCCC(C)(C)COP(=O)([O-])O)COP(=O)([O-])O. The van der Waals surface area contributed by atoms with E-state index in [0.29, 0.717) is 38.5 Å². The number of Topliss-reactive ketones (excluding diaryl/α,β-unsaturated/α-hetero) is 1. The van der Waals surface area contributed by atoms with Gasteiger partial charge >= 0.3 is 0 Å². The number of hydrogen-bond donors (Lipinski definition) is 2. The molecule has 0 saturated heterocycles. The Hall–Kier alpha value is -0.110. The summed E-state index contributed by atoms with van der Waals surface area (Å²) in [5.41, 5.74) is -0.829. The summed E-state index contributed by atoms with van der Waals surface area (Å²) in [5, 5.41) is 0. The summed E-state index contributed by atoms with van der Waals surface area (Å²) in [5.74, 6) is 0.155. The molecule has 0 aliphatic carbocycles. The predicted molar refractivity (Wildman–Crippen MR) is 101 cm³/mol. The standard InChI is InChI=1S/C17H36O9P2/c1-16(2,13-25-27(19,20)21)11-7-5-9-15(18)10-6-8-12-17(3,4)14-26-28(22,23)24/h5-14H2,1-4H3,(H2,19,20,21)(H2,22,23,24)/p-2. The molecule has 0 fully saturated rings. The highest BCUT2D eigenvalue weighted by Gasteiger charge is 2.21. The first-order valence-corrected chi connectivity index (χ1v) is 12.4. The second kappa shape index (κ2) is 11.9. The van der Waals surface area contributed by atoms with Gasteiger partial charge in [0.1, 0.15) is 5.78 Å². The molecule has 0 heterocycles. The molecule has 0 spiro atoms. The van der Waals surface area contributed by atoms with E-state index in [0.717, 1.165) is 12.8 Å². The molecular weight excluding hydrogens is 410 g/mol. The maximum Gasteiger partial charge on any atom is 0.265 e. The number of phosphoric ester groups is 2. The molecule has 0 amide bonds. The molecule has 0 aliphatic heterocycles. The zero-order chi connectivity index (χ0) is 22.1. The Bertz CT molecular complexity index is 515. The molecule has 0 rings (SSSR count). The Balaban J connectivity index is 3.88. The molecule has 2 N–H and O–H groups in total. The fourth-order valence-corrected chi connectivity index (χ4v) is 3.66. The van der Waals surface area contributed by atoms with Gasteiger partial charge in [-0.1, -0.05) is 40.5 Å². The second-order valence-corrected chi connectivity index (χ2v) is 11.2. The minimum absolute atomic E-state index is 0.101. The Kier molecular flexibility index (Phi) is 11.9. The lowest BCUT2D eigenvalue weighted by Crippen LogP contribution is -2.20. The summed E-state index contributed by atoms with van der Waals surface area (Å²) >= 11 is 0. The van der Waals surface area contributed by atoms with Crippen molar-refractivity contribution in [1.82, 2.24) is 0 Å². The Morgan fingerprint density at radius 3 is 1.39 bits per heavy atom. The third-order valence-corrected chi connectivity index (χ3v) is 5.27. The van der Waals surface area contributed by atoms with E-state index in [2.05, 4.69) is 9.05 Å². The summed E-state index contributed by atoms with van der Waals surface area (Å²) in [6.07, 6.45) is 5.14. The summed E-state index contributed by atoms with van der Waals surface area (Å²) in [7, 11) is -9.42. The highest BCUT2D eigenvalue weighted by molar-refractivity contribution is 7.45. The monoisotopic (exact) mass is 444 g/mol. The van der Waals surface area contributed by atoms with Crippen LogP contribution >= 0.6 is 15.6 Å². The molecule has 0 aliphatic rings. The molecule has 0 radical (unpaired) electrons. The van der Waals surface area contributed by atoms with Crippen LogP contribution in [0.3, 0.4) is 0 Å². The van der Waals surface area contributed by atoms with Gasteiger partial charge in [-0.25, -0.2) is 0 Å². The summed E-state index contributed by atoms with van der Waals surface area (Å²) < 4.78 is 30.1. The van der Waals surface area contributed by atoms with Gasteiger partial charge in [0.25, 0.3) is 15.6 Å². The van der Waals surface area contributed by atoms with Crippen molar-refractivity contribution in [3.8, 4) is 0 Å². The molecule has 11 heteroatoms. The van der Waals surface area contributed by atoms with Crippen molar-refractivity contribution in [3.05, 3.63) is 0 Å². The minimum atomic E-state index is -4.71. The average Bonchev–Trinajstić information content (AvgIpc) is 2.51. The Morgan fingerprint density at radius 2 is 1.11 bits per heavy atom. The lowest BCUT2D eigenvalue weighted by Gasteiger charge is -2.27. The lowest BCUT2D eigenvalue weighted by molar-refractivity contribution is -0.223. The van der Waals surface area contributed by atoms with Crippen molar-refractivity contribution in [2.75, 3.05) is 13.2 Å². The number of ketones is 1. The van der Waals surface area contributed by atoms with Gasteiger partial charge in [-0.15, -0.1) is 0 Å². The zero-order valence-corrected chi connectivity index (χ0v) is 19.0. The quantitative estimate of drug-likeness (QED) is 0.270. The topological polar surface area (TPSA) is 156 Å². The largest absolute Gasteiger partial charge is 0.756 e. The van der Waals surface area contributed by atoms with Gasteiger partial charge in [0, 0.05) is 12.8 Å². The van der Waals surface area contributed by atoms with E-state index in [-0.39, 0.29) is 19.0 Å². The highest BCUT2D eigenvalue weighted by Crippen LogP contribution is 2.36. The van der Waals surface area contributed by atoms with Crippen LogP contribution < -0.4 is 9.79 Å². The fourth-order valence-electron chi connectivity index (χ4n) is 2.63. The van der Waals surface area contributed by atoms with Crippen LogP contribution in [0.25, 0.3) is 0 Å². The maximum atomic E-state index is 11.9. The van der Waals surface area contributed by atoms with Crippen LogP contribution in [-0.2, 0) is 23.0 Å². The van der Waals surface area contributed by atoms with Gasteiger partial charge in [0.2, 0.25) is 0 Å². The molecule has 0 aromatic rings. The Morgan fingerprint density at radius 1 is 0.786 bits per heavy atom. The molecule has 9 nitrogen and oxygen atoms in total. The van der Waals surface area contributed by atoms with Crippen LogP contribution in [0.1, 0.15) is 79.1 Å². The molecular formula is C17H34O9P2-2. The van der Waals surface area contributed by atoms with E-state index in [4.69, 9.17) is 9.79 Å². The first kappa shape index (κ1) is 27.9. The van der Waals surface area contributed by atoms with Gasteiger partial charge in [-0.05, 0) is 36.5 Å². The summed E-state index contributed by atoms with van der Waals surface area (Å²) in [6, 6.07) is 0. The molecule has 0 aromatic heterocycles. The number of carbonyl (C=O) groups excluding carboxylic acids is 1. The van der Waals surface area contributed by atoms with Gasteiger partial charge in [0.15, 0.2) is 0 Å². The van der Waals surface area contributed by atoms with Crippen molar-refractivity contribution >= 4 is 21.4 Å². The third-order valence-electron chi connectivity index (χ3n) is 4.36. The smallest absolute Gasteiger partial charge is 0.265 e. The van der Waals surface area contributed by atoms with Crippen molar-refractivity contribution in [2.45, 2.75) is 79.1 Å². The zero-order valence-electron chi connectivity index (χ0n) is 17.2. The molecule has 2 unspecified atom stereocenters. The molecule has 0 saturated carbocycles. The molecule has 0 bridgehead atoms. The number of unbranched alkanes of at least 4 members (excludes halogenated alkanes) is 2. The highest BCUT2D eigenvalue weighted by atomic mass is 31.2.